The molecule has 1 aromatic heterocycles. The number of urea groups is 1. The van der Waals surface area contributed by atoms with Crippen molar-refractivity contribution < 1.29 is 14.7 Å². The van der Waals surface area contributed by atoms with E-state index in [4.69, 9.17) is 5.11 Å². The zero-order valence-electron chi connectivity index (χ0n) is 9.51. The van der Waals surface area contributed by atoms with Crippen molar-refractivity contribution in [2.45, 2.75) is 25.4 Å². The lowest BCUT2D eigenvalue weighted by Crippen LogP contribution is -2.37. The van der Waals surface area contributed by atoms with Crippen LogP contribution in [0.25, 0.3) is 0 Å². The van der Waals surface area contributed by atoms with Crippen LogP contribution in [0.3, 0.4) is 0 Å². The second kappa shape index (κ2) is 4.48. The lowest BCUT2D eigenvalue weighted by molar-refractivity contribution is -0.137. The van der Waals surface area contributed by atoms with Crippen LogP contribution in [0.1, 0.15) is 24.9 Å². The molecule has 1 aliphatic rings. The van der Waals surface area contributed by atoms with Crippen LogP contribution in [-0.2, 0) is 4.79 Å². The normalized spacial score (nSPS) is 21.4. The summed E-state index contributed by atoms with van der Waals surface area (Å²) in [5.74, 6) is -0.893. The standard InChI is InChI=1S/C11H15N3O3/c1-7(4-10(15)16)14-6-9(13-11(14)17)8-2-3-12-5-8/h2-3,5,7,9,12H,4,6H2,1H3,(H,13,17)(H,15,16). The van der Waals surface area contributed by atoms with E-state index in [1.54, 1.807) is 18.0 Å². The van der Waals surface area contributed by atoms with E-state index in [1.165, 1.54) is 0 Å². The van der Waals surface area contributed by atoms with Crippen molar-refractivity contribution >= 4 is 12.0 Å². The molecular weight excluding hydrogens is 222 g/mol. The fourth-order valence-electron chi connectivity index (χ4n) is 2.04. The quantitative estimate of drug-likeness (QED) is 0.728. The summed E-state index contributed by atoms with van der Waals surface area (Å²) in [5.41, 5.74) is 1.00. The Bertz CT molecular complexity index is 416. The number of amides is 2. The highest BCUT2D eigenvalue weighted by Gasteiger charge is 2.33. The molecule has 0 aromatic carbocycles. The fourth-order valence-corrected chi connectivity index (χ4v) is 2.04. The zero-order chi connectivity index (χ0) is 12.4. The first-order valence-electron chi connectivity index (χ1n) is 5.49. The van der Waals surface area contributed by atoms with Crippen molar-refractivity contribution in [3.8, 4) is 0 Å². The van der Waals surface area contributed by atoms with Gasteiger partial charge in [-0.25, -0.2) is 4.79 Å². The van der Waals surface area contributed by atoms with Gasteiger partial charge in [-0.05, 0) is 18.6 Å². The van der Waals surface area contributed by atoms with E-state index >= 15 is 0 Å². The molecule has 1 aromatic rings. The summed E-state index contributed by atoms with van der Waals surface area (Å²) < 4.78 is 0. The van der Waals surface area contributed by atoms with E-state index < -0.39 is 5.97 Å². The molecule has 2 rings (SSSR count). The number of hydrogen-bond donors (Lipinski definition) is 3. The number of carboxylic acid groups (broad SMARTS) is 1. The van der Waals surface area contributed by atoms with Gasteiger partial charge in [0.05, 0.1) is 12.5 Å². The van der Waals surface area contributed by atoms with E-state index in [9.17, 15) is 9.59 Å². The molecule has 0 radical (unpaired) electrons. The molecule has 17 heavy (non-hydrogen) atoms. The van der Waals surface area contributed by atoms with Crippen LogP contribution in [0.15, 0.2) is 18.5 Å². The summed E-state index contributed by atoms with van der Waals surface area (Å²) in [6.45, 7) is 2.25. The van der Waals surface area contributed by atoms with Crippen molar-refractivity contribution in [2.24, 2.45) is 0 Å². The molecule has 0 aliphatic carbocycles. The van der Waals surface area contributed by atoms with Crippen LogP contribution in [0.5, 0.6) is 0 Å². The SMILES string of the molecule is CC(CC(=O)O)N1CC(c2cc[nH]c2)NC1=O. The van der Waals surface area contributed by atoms with Gasteiger partial charge < -0.3 is 20.3 Å². The van der Waals surface area contributed by atoms with Crippen molar-refractivity contribution in [3.63, 3.8) is 0 Å². The largest absolute Gasteiger partial charge is 0.481 e. The molecule has 92 valence electrons. The van der Waals surface area contributed by atoms with Crippen molar-refractivity contribution in [3.05, 3.63) is 24.0 Å². The van der Waals surface area contributed by atoms with E-state index in [-0.39, 0.29) is 24.5 Å². The van der Waals surface area contributed by atoms with Crippen LogP contribution < -0.4 is 5.32 Å². The Balaban J connectivity index is 2.02. The number of rotatable bonds is 4. The predicted molar refractivity (Wildman–Crippen MR) is 60.5 cm³/mol. The number of aromatic amines is 1. The van der Waals surface area contributed by atoms with Crippen LogP contribution in [-0.4, -0.2) is 39.6 Å². The second-order valence-corrected chi connectivity index (χ2v) is 4.25. The molecule has 6 nitrogen and oxygen atoms in total. The summed E-state index contributed by atoms with van der Waals surface area (Å²) in [4.78, 5) is 26.8. The number of carboxylic acids is 1. The molecule has 0 bridgehead atoms. The molecule has 1 fully saturated rings. The Kier molecular flexibility index (Phi) is 3.03. The van der Waals surface area contributed by atoms with Crippen molar-refractivity contribution in [1.82, 2.24) is 15.2 Å². The van der Waals surface area contributed by atoms with Crippen LogP contribution >= 0.6 is 0 Å². The van der Waals surface area contributed by atoms with Gasteiger partial charge in [-0.3, -0.25) is 4.79 Å². The van der Waals surface area contributed by atoms with Crippen molar-refractivity contribution in [1.29, 1.82) is 0 Å². The van der Waals surface area contributed by atoms with Gasteiger partial charge in [0.1, 0.15) is 0 Å². The Labute approximate surface area is 98.6 Å². The monoisotopic (exact) mass is 237 g/mol. The average molecular weight is 237 g/mol. The topological polar surface area (TPSA) is 85.4 Å². The number of nitrogens with one attached hydrogen (secondary N) is 2. The molecule has 0 spiro atoms. The van der Waals surface area contributed by atoms with Gasteiger partial charge in [0.25, 0.3) is 0 Å². The third-order valence-electron chi connectivity index (χ3n) is 2.96. The van der Waals surface area contributed by atoms with E-state index in [0.717, 1.165) is 5.56 Å². The molecule has 6 heteroatoms. The van der Waals surface area contributed by atoms with Gasteiger partial charge in [-0.2, -0.15) is 0 Å². The number of aliphatic carboxylic acids is 1. The van der Waals surface area contributed by atoms with Gasteiger partial charge in [0.15, 0.2) is 0 Å². The average Bonchev–Trinajstić information content (AvgIpc) is 2.84. The number of carbonyl (C=O) groups is 2. The van der Waals surface area contributed by atoms with Crippen LogP contribution in [0, 0.1) is 0 Å². The highest BCUT2D eigenvalue weighted by atomic mass is 16.4. The van der Waals surface area contributed by atoms with Gasteiger partial charge in [0.2, 0.25) is 0 Å². The van der Waals surface area contributed by atoms with Gasteiger partial charge >= 0.3 is 12.0 Å². The number of H-pyrrole nitrogens is 1. The minimum Gasteiger partial charge on any atom is -0.481 e. The Morgan fingerprint density at radius 1 is 1.71 bits per heavy atom. The summed E-state index contributed by atoms with van der Waals surface area (Å²) >= 11 is 0. The summed E-state index contributed by atoms with van der Waals surface area (Å²) in [6.07, 6.45) is 3.59. The maximum Gasteiger partial charge on any atom is 0.318 e. The molecule has 2 heterocycles. The van der Waals surface area contributed by atoms with E-state index in [1.807, 2.05) is 12.3 Å². The van der Waals surface area contributed by atoms with E-state index in [0.29, 0.717) is 6.54 Å². The zero-order valence-corrected chi connectivity index (χ0v) is 9.51. The molecule has 1 saturated heterocycles. The van der Waals surface area contributed by atoms with Gasteiger partial charge in [-0.1, -0.05) is 0 Å². The first-order valence-corrected chi connectivity index (χ1v) is 5.49. The number of aromatic nitrogens is 1. The minimum atomic E-state index is -0.893. The predicted octanol–water partition coefficient (Wildman–Crippen LogP) is 0.944. The number of nitrogens with zero attached hydrogens (tertiary/aromatic N) is 1. The second-order valence-electron chi connectivity index (χ2n) is 4.25. The van der Waals surface area contributed by atoms with E-state index in [2.05, 4.69) is 10.3 Å². The van der Waals surface area contributed by atoms with Crippen LogP contribution in [0.2, 0.25) is 0 Å². The summed E-state index contributed by atoms with van der Waals surface area (Å²) in [7, 11) is 0. The maximum absolute atomic E-state index is 11.7. The molecule has 2 atom stereocenters. The van der Waals surface area contributed by atoms with Gasteiger partial charge in [-0.15, -0.1) is 0 Å². The number of hydrogen-bond acceptors (Lipinski definition) is 2. The molecule has 3 N–H and O–H groups in total. The van der Waals surface area contributed by atoms with Gasteiger partial charge in [0, 0.05) is 25.0 Å². The minimum absolute atomic E-state index is 0.0344. The lowest BCUT2D eigenvalue weighted by Gasteiger charge is -2.21. The fraction of sp³-hybridized carbons (Fsp3) is 0.455. The smallest absolute Gasteiger partial charge is 0.318 e. The molecule has 0 saturated carbocycles. The number of carbonyl (C=O) groups excluding carboxylic acids is 1. The lowest BCUT2D eigenvalue weighted by atomic mass is 10.1. The highest BCUT2D eigenvalue weighted by Crippen LogP contribution is 2.22. The first kappa shape index (κ1) is 11.5. The molecule has 2 unspecified atom stereocenters. The molecule has 2 amide bonds. The Morgan fingerprint density at radius 2 is 2.47 bits per heavy atom. The summed E-state index contributed by atoms with van der Waals surface area (Å²) in [5, 5.41) is 11.6. The summed E-state index contributed by atoms with van der Waals surface area (Å²) in [6, 6.07) is 1.34. The van der Waals surface area contributed by atoms with Crippen LogP contribution in [0.4, 0.5) is 4.79 Å². The molecule has 1 aliphatic heterocycles. The first-order chi connectivity index (χ1) is 8.08. The Morgan fingerprint density at radius 3 is 3.06 bits per heavy atom. The highest BCUT2D eigenvalue weighted by molar-refractivity contribution is 5.78. The molecular formula is C11H15N3O3. The van der Waals surface area contributed by atoms with Crippen molar-refractivity contribution in [2.75, 3.05) is 6.54 Å². The third-order valence-corrected chi connectivity index (χ3v) is 2.96. The Hall–Kier alpha value is -1.98. The maximum atomic E-state index is 11.7. The third kappa shape index (κ3) is 2.41.